The van der Waals surface area contributed by atoms with Crippen LogP contribution in [0.3, 0.4) is 0 Å². The normalized spacial score (nSPS) is 12.5. The number of methoxy groups -OCH3 is 1. The van der Waals surface area contributed by atoms with Gasteiger partial charge in [0.1, 0.15) is 6.04 Å². The van der Waals surface area contributed by atoms with Crippen LogP contribution >= 0.6 is 0 Å². The van der Waals surface area contributed by atoms with Crippen LogP contribution in [0.15, 0.2) is 54.6 Å². The molecule has 0 spiro atoms. The van der Waals surface area contributed by atoms with Gasteiger partial charge in [-0.1, -0.05) is 42.5 Å². The van der Waals surface area contributed by atoms with Crippen molar-refractivity contribution in [2.75, 3.05) is 19.0 Å². The molecule has 0 fully saturated rings. The molecule has 2 atom stereocenters. The van der Waals surface area contributed by atoms with E-state index in [1.807, 2.05) is 54.6 Å². The molecule has 31 heavy (non-hydrogen) atoms. The number of carbonyl (C=O) groups excluding carboxylic acids is 3. The Morgan fingerprint density at radius 2 is 1.58 bits per heavy atom. The maximum atomic E-state index is 12.8. The molecule has 2 aromatic carbocycles. The zero-order valence-electron chi connectivity index (χ0n) is 18.3. The number of benzene rings is 2. The maximum Gasteiger partial charge on any atom is 0.328 e. The van der Waals surface area contributed by atoms with E-state index in [1.54, 1.807) is 6.92 Å². The SMILES string of the molecule is COC(=O)[C@H](C)NC(=O)[C@@H](CCc1ccccc1)NCCc1ccc(NC(C)=O)cc1. The Morgan fingerprint density at radius 1 is 0.935 bits per heavy atom. The molecule has 0 bridgehead atoms. The Morgan fingerprint density at radius 3 is 2.19 bits per heavy atom. The summed E-state index contributed by atoms with van der Waals surface area (Å²) >= 11 is 0. The summed E-state index contributed by atoms with van der Waals surface area (Å²) in [5.41, 5.74) is 2.99. The van der Waals surface area contributed by atoms with Gasteiger partial charge in [-0.3, -0.25) is 9.59 Å². The van der Waals surface area contributed by atoms with E-state index in [0.29, 0.717) is 13.0 Å². The van der Waals surface area contributed by atoms with Crippen LogP contribution < -0.4 is 16.0 Å². The summed E-state index contributed by atoms with van der Waals surface area (Å²) in [7, 11) is 1.30. The molecule has 2 rings (SSSR count). The van der Waals surface area contributed by atoms with Crippen molar-refractivity contribution in [1.82, 2.24) is 10.6 Å². The second-order valence-electron chi connectivity index (χ2n) is 7.41. The Kier molecular flexibility index (Phi) is 9.71. The van der Waals surface area contributed by atoms with Crippen LogP contribution in [-0.2, 0) is 32.0 Å². The lowest BCUT2D eigenvalue weighted by atomic mass is 10.0. The number of nitrogens with one attached hydrogen (secondary N) is 3. The van der Waals surface area contributed by atoms with Gasteiger partial charge in [0.05, 0.1) is 13.2 Å². The second kappa shape index (κ2) is 12.5. The molecule has 0 aliphatic rings. The van der Waals surface area contributed by atoms with Crippen LogP contribution in [0.1, 0.15) is 31.4 Å². The van der Waals surface area contributed by atoms with Crippen LogP contribution in [0.25, 0.3) is 0 Å². The van der Waals surface area contributed by atoms with E-state index < -0.39 is 18.1 Å². The fourth-order valence-corrected chi connectivity index (χ4v) is 3.18. The number of esters is 1. The minimum atomic E-state index is -0.708. The summed E-state index contributed by atoms with van der Waals surface area (Å²) in [6.45, 7) is 3.67. The highest BCUT2D eigenvalue weighted by molar-refractivity contribution is 5.88. The maximum absolute atomic E-state index is 12.8. The lowest BCUT2D eigenvalue weighted by molar-refractivity contribution is -0.144. The number of aryl methyl sites for hydroxylation is 1. The van der Waals surface area contributed by atoms with Crippen molar-refractivity contribution in [3.05, 3.63) is 65.7 Å². The van der Waals surface area contributed by atoms with Crippen LogP contribution in [-0.4, -0.2) is 43.5 Å². The van der Waals surface area contributed by atoms with Crippen molar-refractivity contribution in [3.63, 3.8) is 0 Å². The molecule has 7 nitrogen and oxygen atoms in total. The van der Waals surface area contributed by atoms with Crippen molar-refractivity contribution in [2.45, 2.75) is 45.2 Å². The Balaban J connectivity index is 1.94. The smallest absolute Gasteiger partial charge is 0.328 e. The van der Waals surface area contributed by atoms with Gasteiger partial charge in [0.2, 0.25) is 11.8 Å². The lowest BCUT2D eigenvalue weighted by Gasteiger charge is -2.21. The number of anilines is 1. The summed E-state index contributed by atoms with van der Waals surface area (Å²) in [5.74, 6) is -0.813. The van der Waals surface area contributed by atoms with Crippen molar-refractivity contribution in [3.8, 4) is 0 Å². The number of amides is 2. The first-order valence-corrected chi connectivity index (χ1v) is 10.4. The highest BCUT2D eigenvalue weighted by Crippen LogP contribution is 2.10. The predicted molar refractivity (Wildman–Crippen MR) is 121 cm³/mol. The molecule has 7 heteroatoms. The van der Waals surface area contributed by atoms with E-state index in [2.05, 4.69) is 16.0 Å². The average Bonchev–Trinajstić information content (AvgIpc) is 2.76. The third-order valence-electron chi connectivity index (χ3n) is 4.87. The van der Waals surface area contributed by atoms with Gasteiger partial charge in [0.25, 0.3) is 0 Å². The Labute approximate surface area is 183 Å². The quantitative estimate of drug-likeness (QED) is 0.481. The van der Waals surface area contributed by atoms with Gasteiger partial charge in [-0.2, -0.15) is 0 Å². The molecule has 2 amide bonds. The minimum Gasteiger partial charge on any atom is -0.467 e. The predicted octanol–water partition coefficient (Wildman–Crippen LogP) is 2.46. The van der Waals surface area contributed by atoms with Crippen molar-refractivity contribution >= 4 is 23.5 Å². The lowest BCUT2D eigenvalue weighted by Crippen LogP contribution is -2.50. The van der Waals surface area contributed by atoms with E-state index in [4.69, 9.17) is 4.74 Å². The van der Waals surface area contributed by atoms with Gasteiger partial charge in [0, 0.05) is 12.6 Å². The molecule has 2 aromatic rings. The summed E-state index contributed by atoms with van der Waals surface area (Å²) in [4.78, 5) is 35.5. The average molecular weight is 426 g/mol. The van der Waals surface area contributed by atoms with E-state index >= 15 is 0 Å². The van der Waals surface area contributed by atoms with Gasteiger partial charge in [0.15, 0.2) is 0 Å². The van der Waals surface area contributed by atoms with Gasteiger partial charge < -0.3 is 20.7 Å². The summed E-state index contributed by atoms with van der Waals surface area (Å²) in [6, 6.07) is 16.4. The number of hydrogen-bond acceptors (Lipinski definition) is 5. The van der Waals surface area contributed by atoms with Crippen LogP contribution in [0.2, 0.25) is 0 Å². The number of rotatable bonds is 11. The molecule has 0 unspecified atom stereocenters. The monoisotopic (exact) mass is 425 g/mol. The molecule has 0 heterocycles. The highest BCUT2D eigenvalue weighted by atomic mass is 16.5. The highest BCUT2D eigenvalue weighted by Gasteiger charge is 2.22. The molecule has 3 N–H and O–H groups in total. The van der Waals surface area contributed by atoms with Gasteiger partial charge >= 0.3 is 5.97 Å². The first kappa shape index (κ1) is 24.1. The Hall–Kier alpha value is -3.19. The van der Waals surface area contributed by atoms with E-state index in [0.717, 1.165) is 29.7 Å². The third-order valence-corrected chi connectivity index (χ3v) is 4.87. The molecule has 0 aliphatic heterocycles. The third kappa shape index (κ3) is 8.60. The summed E-state index contributed by atoms with van der Waals surface area (Å²) < 4.78 is 4.69. The van der Waals surface area contributed by atoms with Gasteiger partial charge in [-0.15, -0.1) is 0 Å². The fourth-order valence-electron chi connectivity index (χ4n) is 3.18. The van der Waals surface area contributed by atoms with Crippen molar-refractivity contribution in [2.24, 2.45) is 0 Å². The van der Waals surface area contributed by atoms with Crippen LogP contribution in [0.5, 0.6) is 0 Å². The first-order chi connectivity index (χ1) is 14.9. The molecular formula is C24H31N3O4. The van der Waals surface area contributed by atoms with Crippen molar-refractivity contribution < 1.29 is 19.1 Å². The molecule has 166 valence electrons. The van der Waals surface area contributed by atoms with Crippen molar-refractivity contribution in [1.29, 1.82) is 0 Å². The molecule has 0 aliphatic carbocycles. The topological polar surface area (TPSA) is 96.5 Å². The molecular weight excluding hydrogens is 394 g/mol. The number of ether oxygens (including phenoxy) is 1. The summed E-state index contributed by atoms with van der Waals surface area (Å²) in [6.07, 6.45) is 2.07. The zero-order chi connectivity index (χ0) is 22.6. The largest absolute Gasteiger partial charge is 0.467 e. The summed E-state index contributed by atoms with van der Waals surface area (Å²) in [5, 5.41) is 8.78. The first-order valence-electron chi connectivity index (χ1n) is 10.4. The minimum absolute atomic E-state index is 0.108. The van der Waals surface area contributed by atoms with Gasteiger partial charge in [-0.25, -0.2) is 4.79 Å². The molecule has 0 saturated heterocycles. The standard InChI is InChI=1S/C24H31N3O4/c1-17(24(30)31-3)26-23(29)22(14-11-19-7-5-4-6-8-19)25-16-15-20-9-12-21(13-10-20)27-18(2)28/h4-10,12-13,17,22,25H,11,14-16H2,1-3H3,(H,26,29)(H,27,28)/t17-,22+/m0/s1. The van der Waals surface area contributed by atoms with Crippen LogP contribution in [0, 0.1) is 0 Å². The number of hydrogen-bond donors (Lipinski definition) is 3. The van der Waals surface area contributed by atoms with E-state index in [-0.39, 0.29) is 11.8 Å². The number of carbonyl (C=O) groups is 3. The van der Waals surface area contributed by atoms with E-state index in [9.17, 15) is 14.4 Å². The molecule has 0 aromatic heterocycles. The molecule has 0 saturated carbocycles. The van der Waals surface area contributed by atoms with E-state index in [1.165, 1.54) is 14.0 Å². The molecule has 0 radical (unpaired) electrons. The van der Waals surface area contributed by atoms with Crippen LogP contribution in [0.4, 0.5) is 5.69 Å². The fraction of sp³-hybridized carbons (Fsp3) is 0.375. The second-order valence-corrected chi connectivity index (χ2v) is 7.41. The van der Waals surface area contributed by atoms with Gasteiger partial charge in [-0.05, 0) is 56.0 Å². The zero-order valence-corrected chi connectivity index (χ0v) is 18.3. The Bertz CT molecular complexity index is 853.